The van der Waals surface area contributed by atoms with Crippen LogP contribution in [-0.4, -0.2) is 89.0 Å². The monoisotopic (exact) mass is 372 g/mol. The number of hydrogen-bond acceptors (Lipinski definition) is 8. The molecule has 1 heterocycles. The van der Waals surface area contributed by atoms with Gasteiger partial charge in [-0.15, -0.1) is 0 Å². The molecule has 0 spiro atoms. The van der Waals surface area contributed by atoms with Crippen LogP contribution in [-0.2, 0) is 19.1 Å². The van der Waals surface area contributed by atoms with Crippen molar-refractivity contribution >= 4 is 11.9 Å². The molecule has 1 aliphatic rings. The zero-order chi connectivity index (χ0) is 19.2. The summed E-state index contributed by atoms with van der Waals surface area (Å²) in [7, 11) is 1.37. The van der Waals surface area contributed by atoms with E-state index in [0.29, 0.717) is 13.0 Å². The largest absolute Gasteiger partial charge is 0.469 e. The first-order valence-electron chi connectivity index (χ1n) is 9.64. The predicted molar refractivity (Wildman–Crippen MR) is 101 cm³/mol. The van der Waals surface area contributed by atoms with Crippen LogP contribution in [0.1, 0.15) is 26.7 Å². The summed E-state index contributed by atoms with van der Waals surface area (Å²) in [6.07, 6.45) is 0.615. The maximum Gasteiger partial charge on any atom is 0.323 e. The van der Waals surface area contributed by atoms with Gasteiger partial charge < -0.3 is 25.4 Å². The minimum Gasteiger partial charge on any atom is -0.469 e. The molecule has 0 saturated carbocycles. The number of hydrogen-bond donors (Lipinski definition) is 3. The van der Waals surface area contributed by atoms with E-state index in [4.69, 9.17) is 9.47 Å². The van der Waals surface area contributed by atoms with Crippen molar-refractivity contribution in [1.29, 1.82) is 0 Å². The number of nitrogens with zero attached hydrogens (tertiary/aromatic N) is 1. The quantitative estimate of drug-likeness (QED) is 0.520. The number of rotatable bonds is 7. The average molecular weight is 373 g/mol. The van der Waals surface area contributed by atoms with Gasteiger partial charge >= 0.3 is 11.9 Å². The van der Waals surface area contributed by atoms with Gasteiger partial charge in [-0.1, -0.05) is 13.8 Å². The summed E-state index contributed by atoms with van der Waals surface area (Å²) in [5.74, 6) is -0.276. The lowest BCUT2D eigenvalue weighted by molar-refractivity contribution is -0.152. The highest BCUT2D eigenvalue weighted by molar-refractivity contribution is 5.77. The number of methoxy groups -OCH3 is 1. The zero-order valence-electron chi connectivity index (χ0n) is 16.5. The summed E-state index contributed by atoms with van der Waals surface area (Å²) in [6, 6.07) is -0.433. The molecule has 0 aromatic heterocycles. The molecular weight excluding hydrogens is 336 g/mol. The fraction of sp³-hybridized carbons (Fsp3) is 0.889. The molecule has 1 aliphatic heterocycles. The molecule has 1 saturated heterocycles. The van der Waals surface area contributed by atoms with Crippen molar-refractivity contribution in [2.75, 3.05) is 66.1 Å². The van der Waals surface area contributed by atoms with Crippen LogP contribution >= 0.6 is 0 Å². The number of carbonyl (C=O) groups excluding carboxylic acids is 2. The molecule has 152 valence electrons. The Bertz CT molecular complexity index is 395. The minimum atomic E-state index is -0.433. The average Bonchev–Trinajstić information content (AvgIpc) is 2.61. The van der Waals surface area contributed by atoms with E-state index in [0.717, 1.165) is 52.4 Å². The Morgan fingerprint density at radius 3 is 2.00 bits per heavy atom. The fourth-order valence-corrected chi connectivity index (χ4v) is 2.75. The Balaban J connectivity index is 2.72. The van der Waals surface area contributed by atoms with Crippen molar-refractivity contribution in [1.82, 2.24) is 20.9 Å². The molecule has 8 nitrogen and oxygen atoms in total. The Kier molecular flexibility index (Phi) is 12.2. The van der Waals surface area contributed by atoms with Crippen LogP contribution in [0.15, 0.2) is 0 Å². The molecule has 1 atom stereocenters. The molecular formula is C18H36N4O4. The first kappa shape index (κ1) is 22.8. The third-order valence-electron chi connectivity index (χ3n) is 4.23. The van der Waals surface area contributed by atoms with E-state index in [1.165, 1.54) is 7.11 Å². The van der Waals surface area contributed by atoms with Gasteiger partial charge in [0.05, 0.1) is 13.7 Å². The van der Waals surface area contributed by atoms with Crippen molar-refractivity contribution in [3.8, 4) is 0 Å². The molecule has 8 heteroatoms. The Labute approximate surface area is 157 Å². The van der Waals surface area contributed by atoms with Gasteiger partial charge in [0.1, 0.15) is 6.04 Å². The fourth-order valence-electron chi connectivity index (χ4n) is 2.75. The number of nitrogens with one attached hydrogen (secondary N) is 3. The summed E-state index contributed by atoms with van der Waals surface area (Å²) >= 11 is 0. The van der Waals surface area contributed by atoms with E-state index in [9.17, 15) is 9.59 Å². The van der Waals surface area contributed by atoms with Crippen molar-refractivity contribution in [2.45, 2.75) is 32.7 Å². The van der Waals surface area contributed by atoms with E-state index in [1.807, 2.05) is 13.8 Å². The second kappa shape index (κ2) is 13.9. The van der Waals surface area contributed by atoms with E-state index in [-0.39, 0.29) is 24.3 Å². The van der Waals surface area contributed by atoms with E-state index < -0.39 is 6.04 Å². The molecule has 0 aromatic carbocycles. The number of ether oxygens (including phenoxy) is 2. The summed E-state index contributed by atoms with van der Waals surface area (Å²) in [5.41, 5.74) is 0. The van der Waals surface area contributed by atoms with Crippen molar-refractivity contribution in [3.05, 3.63) is 0 Å². The molecule has 1 fully saturated rings. The van der Waals surface area contributed by atoms with Crippen molar-refractivity contribution in [3.63, 3.8) is 0 Å². The van der Waals surface area contributed by atoms with E-state index in [2.05, 4.69) is 20.9 Å². The third-order valence-corrected chi connectivity index (χ3v) is 4.23. The summed E-state index contributed by atoms with van der Waals surface area (Å²) in [5, 5.41) is 10.1. The molecule has 0 radical (unpaired) electrons. The lowest BCUT2D eigenvalue weighted by Crippen LogP contribution is -2.49. The lowest BCUT2D eigenvalue weighted by atomic mass is 10.1. The highest BCUT2D eigenvalue weighted by Gasteiger charge is 2.28. The molecule has 26 heavy (non-hydrogen) atoms. The SMILES string of the molecule is COC(=O)CCC(C(=O)OCC(C)C)N1CCNCCNCCNCC1. The Morgan fingerprint density at radius 1 is 0.962 bits per heavy atom. The highest BCUT2D eigenvalue weighted by atomic mass is 16.5. The van der Waals surface area contributed by atoms with Gasteiger partial charge in [0.15, 0.2) is 0 Å². The number of esters is 2. The third kappa shape index (κ3) is 10.1. The molecule has 0 aromatic rings. The lowest BCUT2D eigenvalue weighted by Gasteiger charge is -2.31. The summed E-state index contributed by atoms with van der Waals surface area (Å²) in [6.45, 7) is 11.0. The van der Waals surface area contributed by atoms with Gasteiger partial charge in [0.2, 0.25) is 0 Å². The smallest absolute Gasteiger partial charge is 0.323 e. The van der Waals surface area contributed by atoms with Gasteiger partial charge in [-0.2, -0.15) is 0 Å². The molecule has 1 unspecified atom stereocenters. The zero-order valence-corrected chi connectivity index (χ0v) is 16.5. The van der Waals surface area contributed by atoms with Crippen LogP contribution in [0.2, 0.25) is 0 Å². The Hall–Kier alpha value is -1.22. The molecule has 0 bridgehead atoms. The Morgan fingerprint density at radius 2 is 1.50 bits per heavy atom. The van der Waals surface area contributed by atoms with Crippen LogP contribution in [0, 0.1) is 5.92 Å². The van der Waals surface area contributed by atoms with Gasteiger partial charge in [0.25, 0.3) is 0 Å². The van der Waals surface area contributed by atoms with Gasteiger partial charge in [-0.25, -0.2) is 0 Å². The number of carbonyl (C=O) groups is 2. The van der Waals surface area contributed by atoms with Crippen LogP contribution in [0.3, 0.4) is 0 Å². The van der Waals surface area contributed by atoms with Crippen LogP contribution in [0.25, 0.3) is 0 Å². The second-order valence-electron chi connectivity index (χ2n) is 6.94. The first-order valence-corrected chi connectivity index (χ1v) is 9.64. The molecule has 0 aliphatic carbocycles. The van der Waals surface area contributed by atoms with E-state index in [1.54, 1.807) is 0 Å². The van der Waals surface area contributed by atoms with E-state index >= 15 is 0 Å². The summed E-state index contributed by atoms with van der Waals surface area (Å²) in [4.78, 5) is 26.3. The van der Waals surface area contributed by atoms with Crippen LogP contribution < -0.4 is 16.0 Å². The van der Waals surface area contributed by atoms with Crippen LogP contribution in [0.4, 0.5) is 0 Å². The molecule has 0 amide bonds. The molecule has 3 N–H and O–H groups in total. The first-order chi connectivity index (χ1) is 12.5. The van der Waals surface area contributed by atoms with Crippen LogP contribution in [0.5, 0.6) is 0 Å². The van der Waals surface area contributed by atoms with Crippen molar-refractivity contribution in [2.24, 2.45) is 5.92 Å². The second-order valence-corrected chi connectivity index (χ2v) is 6.94. The predicted octanol–water partition coefficient (Wildman–Crippen LogP) is -0.408. The topological polar surface area (TPSA) is 91.9 Å². The summed E-state index contributed by atoms with van der Waals surface area (Å²) < 4.78 is 10.2. The van der Waals surface area contributed by atoms with Gasteiger partial charge in [0, 0.05) is 58.8 Å². The maximum atomic E-state index is 12.7. The van der Waals surface area contributed by atoms with Crippen molar-refractivity contribution < 1.29 is 19.1 Å². The van der Waals surface area contributed by atoms with Gasteiger partial charge in [-0.3, -0.25) is 14.5 Å². The normalized spacial score (nSPS) is 19.2. The van der Waals surface area contributed by atoms with Gasteiger partial charge in [-0.05, 0) is 12.3 Å². The highest BCUT2D eigenvalue weighted by Crippen LogP contribution is 2.11. The minimum absolute atomic E-state index is 0.208. The maximum absolute atomic E-state index is 12.7. The molecule has 1 rings (SSSR count). The standard InChI is InChI=1S/C18H36N4O4/c1-15(2)14-26-18(24)16(4-5-17(23)25-3)22-12-10-20-8-6-19-7-9-21-11-13-22/h15-16,19-21H,4-14H2,1-3H3.